The van der Waals surface area contributed by atoms with Crippen molar-refractivity contribution in [1.29, 1.82) is 0 Å². The Balaban J connectivity index is 1.44. The minimum absolute atomic E-state index is 0.0300. The fraction of sp³-hybridized carbons (Fsp3) is 0.160. The summed E-state index contributed by atoms with van der Waals surface area (Å²) in [7, 11) is 0. The Morgan fingerprint density at radius 2 is 1.62 bits per heavy atom. The summed E-state index contributed by atoms with van der Waals surface area (Å²) >= 11 is 1.50. The number of amides is 1. The summed E-state index contributed by atoms with van der Waals surface area (Å²) in [4.78, 5) is 12.3. The van der Waals surface area contributed by atoms with E-state index in [9.17, 15) is 4.79 Å². The highest BCUT2D eigenvalue weighted by Gasteiger charge is 2.16. The van der Waals surface area contributed by atoms with Gasteiger partial charge in [-0.15, -0.1) is 10.2 Å². The lowest BCUT2D eigenvalue weighted by atomic mass is 10.2. The summed E-state index contributed by atoms with van der Waals surface area (Å²) in [5, 5.41) is 12.4. The number of carbonyl (C=O) groups is 1. The number of para-hydroxylation sites is 3. The van der Waals surface area contributed by atoms with Gasteiger partial charge >= 0.3 is 0 Å². The van der Waals surface area contributed by atoms with Gasteiger partial charge in [-0.05, 0) is 42.8 Å². The van der Waals surface area contributed by atoms with Crippen molar-refractivity contribution in [3.8, 4) is 11.4 Å². The van der Waals surface area contributed by atoms with Crippen molar-refractivity contribution in [2.45, 2.75) is 25.1 Å². The Kier molecular flexibility index (Phi) is 7.19. The molecule has 0 atom stereocenters. The zero-order valence-electron chi connectivity index (χ0n) is 17.8. The van der Waals surface area contributed by atoms with Crippen LogP contribution in [0.3, 0.4) is 0 Å². The minimum Gasteiger partial charge on any atom is -0.485 e. The molecule has 7 heteroatoms. The number of anilines is 1. The lowest BCUT2D eigenvalue weighted by molar-refractivity contribution is -0.115. The van der Waals surface area contributed by atoms with E-state index in [2.05, 4.69) is 15.5 Å². The van der Waals surface area contributed by atoms with Crippen molar-refractivity contribution in [3.05, 3.63) is 96.3 Å². The molecule has 0 spiro atoms. The molecule has 1 aromatic heterocycles. The van der Waals surface area contributed by atoms with Gasteiger partial charge in [-0.25, -0.2) is 0 Å². The van der Waals surface area contributed by atoms with E-state index in [-0.39, 0.29) is 5.91 Å². The van der Waals surface area contributed by atoms with Crippen LogP contribution in [0.4, 0.5) is 5.69 Å². The highest BCUT2D eigenvalue weighted by Crippen LogP contribution is 2.24. The van der Waals surface area contributed by atoms with E-state index in [1.807, 2.05) is 96.4 Å². The highest BCUT2D eigenvalue weighted by molar-refractivity contribution is 7.99. The molecule has 162 valence electrons. The first-order valence-corrected chi connectivity index (χ1v) is 11.3. The van der Waals surface area contributed by atoms with Crippen molar-refractivity contribution in [1.82, 2.24) is 14.8 Å². The summed E-state index contributed by atoms with van der Waals surface area (Å²) < 4.78 is 7.99. The third kappa shape index (κ3) is 5.56. The molecule has 0 saturated heterocycles. The van der Waals surface area contributed by atoms with Crippen LogP contribution in [0.25, 0.3) is 5.69 Å². The molecule has 32 heavy (non-hydrogen) atoms. The van der Waals surface area contributed by atoms with Crippen molar-refractivity contribution >= 4 is 23.4 Å². The predicted octanol–water partition coefficient (Wildman–Crippen LogP) is 5.28. The minimum atomic E-state index is -0.0300. The molecule has 3 aromatic carbocycles. The van der Waals surface area contributed by atoms with Crippen LogP contribution in [0, 0.1) is 6.92 Å². The largest absolute Gasteiger partial charge is 0.485 e. The second-order valence-electron chi connectivity index (χ2n) is 7.14. The molecule has 4 aromatic rings. The summed E-state index contributed by atoms with van der Waals surface area (Å²) in [6.45, 7) is 2.31. The van der Waals surface area contributed by atoms with E-state index < -0.39 is 0 Å². The highest BCUT2D eigenvalue weighted by atomic mass is 32.2. The number of benzene rings is 3. The Labute approximate surface area is 191 Å². The molecule has 0 bridgehead atoms. The van der Waals surface area contributed by atoms with Crippen LogP contribution in [0.1, 0.15) is 17.8 Å². The Morgan fingerprint density at radius 3 is 2.38 bits per heavy atom. The van der Waals surface area contributed by atoms with Crippen molar-refractivity contribution in [2.75, 3.05) is 11.1 Å². The number of rotatable bonds is 9. The quantitative estimate of drug-likeness (QED) is 0.356. The first-order chi connectivity index (χ1) is 15.7. The van der Waals surface area contributed by atoms with E-state index in [1.54, 1.807) is 0 Å². The molecule has 0 aliphatic heterocycles. The zero-order valence-corrected chi connectivity index (χ0v) is 18.6. The number of ether oxygens (including phenoxy) is 1. The van der Waals surface area contributed by atoms with E-state index in [4.69, 9.17) is 4.74 Å². The first kappa shape index (κ1) is 21.6. The lowest BCUT2D eigenvalue weighted by Crippen LogP contribution is -2.12. The van der Waals surface area contributed by atoms with Gasteiger partial charge in [0.05, 0.1) is 0 Å². The zero-order chi connectivity index (χ0) is 22.2. The van der Waals surface area contributed by atoms with Gasteiger partial charge in [0.25, 0.3) is 0 Å². The van der Waals surface area contributed by atoms with Gasteiger partial charge in [0.1, 0.15) is 12.4 Å². The van der Waals surface area contributed by atoms with Gasteiger partial charge in [0.2, 0.25) is 5.91 Å². The van der Waals surface area contributed by atoms with Crippen LogP contribution in [0.15, 0.2) is 90.1 Å². The second-order valence-corrected chi connectivity index (χ2v) is 8.20. The van der Waals surface area contributed by atoms with Crippen LogP contribution in [0.5, 0.6) is 5.75 Å². The average molecular weight is 445 g/mol. The predicted molar refractivity (Wildman–Crippen MR) is 127 cm³/mol. The summed E-state index contributed by atoms with van der Waals surface area (Å²) in [6.07, 6.45) is 0.371. The number of aryl methyl sites for hydroxylation is 1. The van der Waals surface area contributed by atoms with Crippen LogP contribution in [-0.2, 0) is 11.4 Å². The Morgan fingerprint density at radius 1 is 0.938 bits per heavy atom. The lowest BCUT2D eigenvalue weighted by Gasteiger charge is -2.12. The van der Waals surface area contributed by atoms with E-state index >= 15 is 0 Å². The van der Waals surface area contributed by atoms with Gasteiger partial charge < -0.3 is 10.1 Å². The SMILES string of the molecule is Cc1ccccc1OCc1nnc(SCCC(=O)Nc2ccccc2)n1-c1ccccc1. The third-order valence-electron chi connectivity index (χ3n) is 4.78. The van der Waals surface area contributed by atoms with Crippen LogP contribution in [-0.4, -0.2) is 26.4 Å². The van der Waals surface area contributed by atoms with Crippen LogP contribution in [0.2, 0.25) is 0 Å². The molecule has 6 nitrogen and oxygen atoms in total. The van der Waals surface area contributed by atoms with Crippen LogP contribution < -0.4 is 10.1 Å². The smallest absolute Gasteiger partial charge is 0.225 e. The Hall–Kier alpha value is -3.58. The normalized spacial score (nSPS) is 10.7. The average Bonchev–Trinajstić information content (AvgIpc) is 3.22. The van der Waals surface area contributed by atoms with Crippen molar-refractivity contribution in [2.24, 2.45) is 0 Å². The molecule has 1 N–H and O–H groups in total. The number of thioether (sulfide) groups is 1. The van der Waals surface area contributed by atoms with Gasteiger partial charge in [0.15, 0.2) is 11.0 Å². The standard InChI is InChI=1S/C25H24N4O2S/c1-19-10-8-9-15-22(19)31-18-23-27-28-25(29(23)21-13-6-3-7-14-21)32-17-16-24(30)26-20-11-4-2-5-12-20/h2-15H,16-18H2,1H3,(H,26,30). The number of hydrogen-bond donors (Lipinski definition) is 1. The van der Waals surface area contributed by atoms with Gasteiger partial charge in [0, 0.05) is 23.5 Å². The number of nitrogens with zero attached hydrogens (tertiary/aromatic N) is 3. The number of aromatic nitrogens is 3. The van der Waals surface area contributed by atoms with Crippen molar-refractivity contribution < 1.29 is 9.53 Å². The molecular weight excluding hydrogens is 420 g/mol. The maximum absolute atomic E-state index is 12.3. The molecule has 1 heterocycles. The van der Waals surface area contributed by atoms with Gasteiger partial charge in [-0.1, -0.05) is 66.4 Å². The van der Waals surface area contributed by atoms with Crippen LogP contribution >= 0.6 is 11.8 Å². The van der Waals surface area contributed by atoms with E-state index in [1.165, 1.54) is 11.8 Å². The van der Waals surface area contributed by atoms with Gasteiger partial charge in [-0.2, -0.15) is 0 Å². The first-order valence-electron chi connectivity index (χ1n) is 10.4. The van der Waals surface area contributed by atoms with E-state index in [0.29, 0.717) is 24.6 Å². The molecule has 0 unspecified atom stereocenters. The molecule has 0 saturated carbocycles. The molecule has 4 rings (SSSR count). The Bertz CT molecular complexity index is 1160. The molecule has 0 radical (unpaired) electrons. The molecule has 1 amide bonds. The van der Waals surface area contributed by atoms with E-state index in [0.717, 1.165) is 27.8 Å². The fourth-order valence-electron chi connectivity index (χ4n) is 3.16. The molecule has 0 fully saturated rings. The summed E-state index contributed by atoms with van der Waals surface area (Å²) in [6, 6.07) is 27.3. The topological polar surface area (TPSA) is 69.0 Å². The maximum Gasteiger partial charge on any atom is 0.225 e. The van der Waals surface area contributed by atoms with Crippen molar-refractivity contribution in [3.63, 3.8) is 0 Å². The summed E-state index contributed by atoms with van der Waals surface area (Å²) in [5.74, 6) is 2.08. The number of hydrogen-bond acceptors (Lipinski definition) is 5. The monoisotopic (exact) mass is 444 g/mol. The molecule has 0 aliphatic carbocycles. The molecule has 0 aliphatic rings. The maximum atomic E-state index is 12.3. The fourth-order valence-corrected chi connectivity index (χ4v) is 4.07. The second kappa shape index (κ2) is 10.6. The molecular formula is C25H24N4O2S. The number of nitrogens with one attached hydrogen (secondary N) is 1. The van der Waals surface area contributed by atoms with Gasteiger partial charge in [-0.3, -0.25) is 9.36 Å². The third-order valence-corrected chi connectivity index (χ3v) is 5.71. The number of carbonyl (C=O) groups excluding carboxylic acids is 1. The summed E-state index contributed by atoms with van der Waals surface area (Å²) in [5.41, 5.74) is 2.82.